The number of hydrogen-bond acceptors (Lipinski definition) is 2. The molecule has 0 saturated carbocycles. The van der Waals surface area contributed by atoms with Crippen LogP contribution in [0, 0.1) is 5.92 Å². The molecule has 3 nitrogen and oxygen atoms in total. The molecule has 1 N–H and O–H groups in total. The third-order valence-electron chi connectivity index (χ3n) is 3.51. The lowest BCUT2D eigenvalue weighted by Crippen LogP contribution is -2.46. The summed E-state index contributed by atoms with van der Waals surface area (Å²) in [6.45, 7) is 10.7. The topological polar surface area (TPSA) is 32.3 Å². The highest BCUT2D eigenvalue weighted by Crippen LogP contribution is 2.24. The highest BCUT2D eigenvalue weighted by Gasteiger charge is 2.39. The predicted octanol–water partition coefficient (Wildman–Crippen LogP) is 2.37. The average molecular weight is 226 g/mol. The van der Waals surface area contributed by atoms with E-state index in [1.807, 2.05) is 6.92 Å². The number of nitrogens with one attached hydrogen (secondary N) is 1. The second kappa shape index (κ2) is 5.67. The molecule has 3 atom stereocenters. The van der Waals surface area contributed by atoms with Gasteiger partial charge in [-0.1, -0.05) is 34.1 Å². The minimum Gasteiger partial charge on any atom is -0.323 e. The van der Waals surface area contributed by atoms with Crippen molar-refractivity contribution in [1.29, 1.82) is 0 Å². The Kier molecular flexibility index (Phi) is 4.78. The maximum absolute atomic E-state index is 12.2. The van der Waals surface area contributed by atoms with Crippen LogP contribution in [0.3, 0.4) is 0 Å². The van der Waals surface area contributed by atoms with E-state index in [1.165, 1.54) is 0 Å². The van der Waals surface area contributed by atoms with E-state index >= 15 is 0 Å². The number of nitrogens with zero attached hydrogens (tertiary/aromatic N) is 1. The van der Waals surface area contributed by atoms with E-state index in [4.69, 9.17) is 0 Å². The summed E-state index contributed by atoms with van der Waals surface area (Å²) in [5, 5.41) is 3.40. The highest BCUT2D eigenvalue weighted by atomic mass is 16.2. The smallest absolute Gasteiger partial charge is 0.240 e. The molecular weight excluding hydrogens is 200 g/mol. The van der Waals surface area contributed by atoms with Gasteiger partial charge in [-0.05, 0) is 25.7 Å². The molecule has 0 radical (unpaired) electrons. The largest absolute Gasteiger partial charge is 0.323 e. The summed E-state index contributed by atoms with van der Waals surface area (Å²) < 4.78 is 0. The quantitative estimate of drug-likeness (QED) is 0.780. The normalized spacial score (nSPS) is 27.9. The molecule has 1 heterocycles. The fraction of sp³-hybridized carbons (Fsp3) is 0.923. The molecule has 16 heavy (non-hydrogen) atoms. The Balaban J connectivity index is 2.83. The van der Waals surface area contributed by atoms with Crippen LogP contribution in [0.15, 0.2) is 0 Å². The van der Waals surface area contributed by atoms with Crippen molar-refractivity contribution in [2.24, 2.45) is 5.92 Å². The number of rotatable bonds is 5. The molecule has 1 rings (SSSR count). The van der Waals surface area contributed by atoms with Crippen LogP contribution in [-0.2, 0) is 4.79 Å². The van der Waals surface area contributed by atoms with E-state index in [1.54, 1.807) is 0 Å². The molecule has 94 valence electrons. The first-order valence-corrected chi connectivity index (χ1v) is 6.61. The molecule has 0 bridgehead atoms. The van der Waals surface area contributed by atoms with Crippen LogP contribution < -0.4 is 5.32 Å². The van der Waals surface area contributed by atoms with Gasteiger partial charge in [0.15, 0.2) is 0 Å². The zero-order chi connectivity index (χ0) is 12.3. The standard InChI is InChI=1S/C13H26N2O/c1-6-8-12-14-10(5)13(16)15(12)11(7-2)9(3)4/h9-12,14H,6-8H2,1-5H3. The molecule has 0 aromatic carbocycles. The minimum atomic E-state index is -0.00986. The van der Waals surface area contributed by atoms with Crippen LogP contribution in [0.1, 0.15) is 53.9 Å². The van der Waals surface area contributed by atoms with Crippen molar-refractivity contribution in [3.05, 3.63) is 0 Å². The van der Waals surface area contributed by atoms with Crippen molar-refractivity contribution in [3.8, 4) is 0 Å². The van der Waals surface area contributed by atoms with Crippen LogP contribution in [0.2, 0.25) is 0 Å². The maximum Gasteiger partial charge on any atom is 0.240 e. The van der Waals surface area contributed by atoms with Gasteiger partial charge in [0.25, 0.3) is 0 Å². The van der Waals surface area contributed by atoms with Crippen molar-refractivity contribution < 1.29 is 4.79 Å². The van der Waals surface area contributed by atoms with Gasteiger partial charge in [-0.3, -0.25) is 10.1 Å². The third kappa shape index (κ3) is 2.57. The molecule has 0 spiro atoms. The molecule has 1 amide bonds. The second-order valence-electron chi connectivity index (χ2n) is 5.16. The van der Waals surface area contributed by atoms with Crippen LogP contribution in [-0.4, -0.2) is 29.1 Å². The Morgan fingerprint density at radius 3 is 2.44 bits per heavy atom. The van der Waals surface area contributed by atoms with Crippen LogP contribution in [0.4, 0.5) is 0 Å². The summed E-state index contributed by atoms with van der Waals surface area (Å²) in [6, 6.07) is 0.367. The summed E-state index contributed by atoms with van der Waals surface area (Å²) in [7, 11) is 0. The maximum atomic E-state index is 12.2. The molecule has 1 fully saturated rings. The SMILES string of the molecule is CCCC1NC(C)C(=O)N1C(CC)C(C)C. The first-order chi connectivity index (χ1) is 7.52. The van der Waals surface area contributed by atoms with Gasteiger partial charge in [0.05, 0.1) is 12.2 Å². The van der Waals surface area contributed by atoms with E-state index in [0.717, 1.165) is 19.3 Å². The summed E-state index contributed by atoms with van der Waals surface area (Å²) in [5.41, 5.74) is 0. The highest BCUT2D eigenvalue weighted by molar-refractivity contribution is 5.84. The van der Waals surface area contributed by atoms with Gasteiger partial charge >= 0.3 is 0 Å². The number of amides is 1. The molecule has 0 aliphatic carbocycles. The molecule has 0 aromatic heterocycles. The summed E-state index contributed by atoms with van der Waals surface area (Å²) in [5.74, 6) is 0.805. The summed E-state index contributed by atoms with van der Waals surface area (Å²) in [4.78, 5) is 14.3. The van der Waals surface area contributed by atoms with Gasteiger partial charge in [-0.15, -0.1) is 0 Å². The van der Waals surface area contributed by atoms with E-state index in [-0.39, 0.29) is 18.1 Å². The molecular formula is C13H26N2O. The van der Waals surface area contributed by atoms with Gasteiger partial charge in [0, 0.05) is 6.04 Å². The number of carbonyl (C=O) groups is 1. The first kappa shape index (κ1) is 13.5. The van der Waals surface area contributed by atoms with E-state index in [2.05, 4.69) is 37.9 Å². The monoisotopic (exact) mass is 226 g/mol. The Labute approximate surface area is 99.6 Å². The third-order valence-corrected chi connectivity index (χ3v) is 3.51. The Hall–Kier alpha value is -0.570. The van der Waals surface area contributed by atoms with Crippen molar-refractivity contribution >= 4 is 5.91 Å². The molecule has 1 aliphatic heterocycles. The molecule has 3 unspecified atom stereocenters. The lowest BCUT2D eigenvalue weighted by molar-refractivity contribution is -0.133. The molecule has 1 aliphatic rings. The zero-order valence-electron chi connectivity index (χ0n) is 11.3. The lowest BCUT2D eigenvalue weighted by atomic mass is 9.99. The molecule has 0 aromatic rings. The molecule has 1 saturated heterocycles. The van der Waals surface area contributed by atoms with Crippen molar-refractivity contribution in [1.82, 2.24) is 10.2 Å². The van der Waals surface area contributed by atoms with Crippen LogP contribution in [0.5, 0.6) is 0 Å². The fourth-order valence-electron chi connectivity index (χ4n) is 2.70. The van der Waals surface area contributed by atoms with Gasteiger partial charge in [0.2, 0.25) is 5.91 Å². The summed E-state index contributed by atoms with van der Waals surface area (Å²) >= 11 is 0. The van der Waals surface area contributed by atoms with Gasteiger partial charge < -0.3 is 4.90 Å². The van der Waals surface area contributed by atoms with Gasteiger partial charge in [-0.2, -0.15) is 0 Å². The van der Waals surface area contributed by atoms with E-state index in [9.17, 15) is 4.79 Å². The Morgan fingerprint density at radius 2 is 2.00 bits per heavy atom. The van der Waals surface area contributed by atoms with Crippen molar-refractivity contribution in [3.63, 3.8) is 0 Å². The second-order valence-corrected chi connectivity index (χ2v) is 5.16. The van der Waals surface area contributed by atoms with E-state index < -0.39 is 0 Å². The predicted molar refractivity (Wildman–Crippen MR) is 67.1 cm³/mol. The van der Waals surface area contributed by atoms with Crippen LogP contribution in [0.25, 0.3) is 0 Å². The van der Waals surface area contributed by atoms with Crippen molar-refractivity contribution in [2.75, 3.05) is 0 Å². The number of hydrogen-bond donors (Lipinski definition) is 1. The zero-order valence-corrected chi connectivity index (χ0v) is 11.3. The lowest BCUT2D eigenvalue weighted by Gasteiger charge is -2.34. The fourth-order valence-corrected chi connectivity index (χ4v) is 2.70. The Bertz CT molecular complexity index is 240. The first-order valence-electron chi connectivity index (χ1n) is 6.61. The van der Waals surface area contributed by atoms with E-state index in [0.29, 0.717) is 12.0 Å². The minimum absolute atomic E-state index is 0.00986. The van der Waals surface area contributed by atoms with Crippen LogP contribution >= 0.6 is 0 Å². The number of carbonyl (C=O) groups excluding carboxylic acids is 1. The Morgan fingerprint density at radius 1 is 1.38 bits per heavy atom. The van der Waals surface area contributed by atoms with Crippen molar-refractivity contribution in [2.45, 2.75) is 72.1 Å². The average Bonchev–Trinajstić information content (AvgIpc) is 2.47. The van der Waals surface area contributed by atoms with Gasteiger partial charge in [-0.25, -0.2) is 0 Å². The summed E-state index contributed by atoms with van der Waals surface area (Å²) in [6.07, 6.45) is 3.46. The molecule has 3 heteroatoms. The van der Waals surface area contributed by atoms with Gasteiger partial charge in [0.1, 0.15) is 0 Å².